The molecule has 0 aliphatic carbocycles. The van der Waals surface area contributed by atoms with Crippen LogP contribution in [-0.2, 0) is 0 Å². The summed E-state index contributed by atoms with van der Waals surface area (Å²) in [5.74, 6) is -7.49. The van der Waals surface area contributed by atoms with E-state index >= 15 is 0 Å². The monoisotopic (exact) mass is 2220 g/mol. The Morgan fingerprint density at radius 2 is 0.469 bits per heavy atom. The summed E-state index contributed by atoms with van der Waals surface area (Å²) in [6.07, 6.45) is -53.0. The summed E-state index contributed by atoms with van der Waals surface area (Å²) in [7, 11) is 0. The van der Waals surface area contributed by atoms with E-state index in [2.05, 4.69) is 111 Å². The lowest BCUT2D eigenvalue weighted by Gasteiger charge is -2.29. The van der Waals surface area contributed by atoms with E-state index in [4.69, 9.17) is 1.37 Å². The summed E-state index contributed by atoms with van der Waals surface area (Å²) < 4.78 is 528. The summed E-state index contributed by atoms with van der Waals surface area (Å²) >= 11 is 0. The molecule has 0 amide bonds. The number of rotatable bonds is 27. The van der Waals surface area contributed by atoms with Gasteiger partial charge < -0.3 is 0 Å². The maximum atomic E-state index is 11.8. The van der Waals surface area contributed by atoms with Crippen molar-refractivity contribution in [3.63, 3.8) is 0 Å². The molecule has 0 aromatic rings. The molecule has 1 unspecified atom stereocenters. The molecule has 0 aromatic heterocycles. The molecule has 0 aliphatic heterocycles. The molecule has 0 aromatic carbocycles. The minimum absolute atomic E-state index is 0.104. The molecule has 45 heteroatoms. The largest absolute Gasteiger partial charge is 0.402 e. The number of hydrogen-bond donors (Lipinski definition) is 0. The lowest BCUT2D eigenvalue weighted by atomic mass is 9.90. The fourth-order valence-electron chi connectivity index (χ4n) is 6.17. The van der Waals surface area contributed by atoms with Crippen molar-refractivity contribution in [3.8, 4) is 0 Å². The van der Waals surface area contributed by atoms with Gasteiger partial charge in [-0.3, -0.25) is 0 Å². The highest BCUT2D eigenvalue weighted by atomic mass is 19.5. The summed E-state index contributed by atoms with van der Waals surface area (Å²) in [5.41, 5.74) is -6.17. The maximum Gasteiger partial charge on any atom is 0.402 e. The average Bonchev–Trinajstić information content (AvgIpc) is 0.786. The van der Waals surface area contributed by atoms with Gasteiger partial charge in [0.15, 0.2) is 11.3 Å². The smallest absolute Gasteiger partial charge is 0.171 e. The summed E-state index contributed by atoms with van der Waals surface area (Å²) in [4.78, 5) is 0. The van der Waals surface area contributed by atoms with Gasteiger partial charge in [-0.15, -0.1) is 0 Å². The molecule has 143 heavy (non-hydrogen) atoms. The van der Waals surface area contributed by atoms with Gasteiger partial charge in [0, 0.05) is 32.9 Å². The van der Waals surface area contributed by atoms with Crippen molar-refractivity contribution in [1.29, 1.82) is 0 Å². The van der Waals surface area contributed by atoms with Crippen molar-refractivity contribution in [1.82, 2.24) is 0 Å². The summed E-state index contributed by atoms with van der Waals surface area (Å²) in [6, 6.07) is 0. The lowest BCUT2D eigenvalue weighted by Crippen LogP contribution is -2.44. The molecule has 0 saturated carbocycles. The molecule has 892 valence electrons. The van der Waals surface area contributed by atoms with Crippen LogP contribution in [0.1, 0.15) is 457 Å². The quantitative estimate of drug-likeness (QED) is 0.0568. The topological polar surface area (TPSA) is 0 Å². The van der Waals surface area contributed by atoms with Gasteiger partial charge in [0.05, 0.1) is 34.5 Å². The Bertz CT molecular complexity index is 2560. The fraction of sp³-hybridized carbons (Fsp3) is 1.00. The first-order chi connectivity index (χ1) is 62.8. The number of unbranched alkanes of at least 4 members (excludes halogenated alkanes) is 8. The fourth-order valence-corrected chi connectivity index (χ4v) is 6.17. The van der Waals surface area contributed by atoms with E-state index in [1.54, 1.807) is 13.8 Å². The van der Waals surface area contributed by atoms with Crippen molar-refractivity contribution in [3.05, 3.63) is 0 Å². The maximum absolute atomic E-state index is 11.8. The Balaban J connectivity index is -0.0000000797. The first kappa shape index (κ1) is 176. The third-order valence-electron chi connectivity index (χ3n) is 20.3. The summed E-state index contributed by atoms with van der Waals surface area (Å²) in [6.45, 7) is 63.1. The van der Waals surface area contributed by atoms with Gasteiger partial charge in [0.25, 0.3) is 0 Å². The normalized spacial score (nSPS) is 13.8. The zero-order valence-corrected chi connectivity index (χ0v) is 92.0. The Labute approximate surface area is 831 Å². The first-order valence-electron chi connectivity index (χ1n) is 48.9. The zero-order valence-electron chi connectivity index (χ0n) is 93.0. The van der Waals surface area contributed by atoms with Gasteiger partial charge in [0.2, 0.25) is 0 Å². The molecule has 0 saturated heterocycles. The van der Waals surface area contributed by atoms with Crippen molar-refractivity contribution in [2.24, 2.45) is 86.7 Å². The van der Waals surface area contributed by atoms with Crippen molar-refractivity contribution in [2.75, 3.05) is 0 Å². The van der Waals surface area contributed by atoms with Crippen LogP contribution in [0.25, 0.3) is 0 Å². The van der Waals surface area contributed by atoms with Crippen LogP contribution in [0.15, 0.2) is 0 Å². The third kappa shape index (κ3) is 150. The molecule has 0 radical (unpaired) electrons. The summed E-state index contributed by atoms with van der Waals surface area (Å²) in [5, 5.41) is 0. The molecular weight excluding hydrogens is 2030 g/mol. The van der Waals surface area contributed by atoms with Gasteiger partial charge in [0.1, 0.15) is 0 Å². The van der Waals surface area contributed by atoms with E-state index in [1.165, 1.54) is 100 Å². The van der Waals surface area contributed by atoms with E-state index in [9.17, 15) is 198 Å². The highest BCUT2D eigenvalue weighted by Crippen LogP contribution is 2.50. The number of halogens is 45. The van der Waals surface area contributed by atoms with Crippen LogP contribution in [-0.4, -0.2) is 92.6 Å². The molecular formula is C98H185F45. The number of alkyl halides is 45. The highest BCUT2D eigenvalue weighted by molar-refractivity contribution is 4.84. The third-order valence-corrected chi connectivity index (χ3v) is 20.3. The van der Waals surface area contributed by atoms with Crippen LogP contribution >= 0.6 is 0 Å². The minimum Gasteiger partial charge on any atom is -0.171 e. The molecule has 0 rings (SSSR count). The van der Waals surface area contributed by atoms with E-state index in [0.717, 1.165) is 97.3 Å². The predicted molar refractivity (Wildman–Crippen MR) is 493 cm³/mol. The molecule has 5 atom stereocenters. The van der Waals surface area contributed by atoms with Gasteiger partial charge in [-0.05, 0) is 100 Å². The van der Waals surface area contributed by atoms with Crippen molar-refractivity contribution in [2.45, 2.75) is 548 Å². The van der Waals surface area contributed by atoms with Crippen LogP contribution in [0.2, 0.25) is 0 Å². The molecule has 0 heterocycles. The van der Waals surface area contributed by atoms with Crippen LogP contribution in [0.4, 0.5) is 198 Å². The highest BCUT2D eigenvalue weighted by Gasteiger charge is 2.64. The predicted octanol–water partition coefficient (Wildman–Crippen LogP) is 48.4. The molecule has 0 N–H and O–H groups in total. The van der Waals surface area contributed by atoms with Gasteiger partial charge in [-0.2, -0.15) is 198 Å². The second-order valence-corrected chi connectivity index (χ2v) is 39.0. The Hall–Kier alpha value is -3.15. The Morgan fingerprint density at radius 3 is 0.587 bits per heavy atom. The van der Waals surface area contributed by atoms with Crippen LogP contribution < -0.4 is 0 Å². The standard InChI is InChI=1S/3C7H13F3.2C6H8F6.3C6H11F3.3C6H14.C5H6F6.2C5H9F3.2C5H12.C4H7F3/c1-3-4-6(2)5-7(8,9)10;1-3-4-5-6(2)7(8,9)10;1-2-3-4-5-6-7(8,9)10;1-4(6(10,11)12)2-3-5(7,8)9;1-2-3-4(5(7,8)9)6(10,11)12;1-4-5(2,3)6(7,8)9;1-3-4-5(2)6(7,8)9;1-2-3-4-5-6(7,8)9;1-5-6(2,3)4;1-5(2)6(3)4;1-4-6(3)5-2;1-3(2,4(6,7)8)5(9,10)11;1-4(2,3)5(6,7)8;1-3-4(2)5(6,7)8;1-4-5(2)3;1-3-5-4-2;1-3(2)4(5,6)7/h2*6H,3-5H2,1-2H3;2-6H2,1H3;2*4H,2-3H2,1H3;4H2,1-3H3;5H,3-4H2,1-2H3;2-5H2,1H3;5H2,1-4H3;5-6H,1-4H3;6H,4-5H2,1-3H3;1-2H3;1-3H3;4H,3H2,1-2H3;5H,4H2,1-3H3;3-5H2,1-2H3;3H,1-2H3/t2*6-;;4-;;;5-;;;;;;;;;;/m00.0..0........../s1/i;;;;;;;;;;;;;;;;3D. The van der Waals surface area contributed by atoms with E-state index in [0.29, 0.717) is 37.5 Å². The Kier molecular flexibility index (Phi) is 107. The van der Waals surface area contributed by atoms with Gasteiger partial charge >= 0.3 is 92.6 Å². The van der Waals surface area contributed by atoms with E-state index in [-0.39, 0.29) is 64.7 Å². The second-order valence-electron chi connectivity index (χ2n) is 39.0. The first-order valence-corrected chi connectivity index (χ1v) is 48.4. The van der Waals surface area contributed by atoms with E-state index in [1.807, 2.05) is 27.7 Å². The molecule has 0 bridgehead atoms. The molecule has 0 nitrogen and oxygen atoms in total. The molecule has 0 aliphatic rings. The van der Waals surface area contributed by atoms with Crippen molar-refractivity contribution >= 4 is 0 Å². The zero-order chi connectivity index (χ0) is 121. The lowest BCUT2D eigenvalue weighted by molar-refractivity contribution is -0.327. The van der Waals surface area contributed by atoms with Crippen molar-refractivity contribution < 1.29 is 199 Å². The molecule has 0 spiro atoms. The SMILES string of the molecule is CC(C)(C(F)(F)F)C(F)(F)F.CC(C)(C)C(F)(F)F.CC(C)C(C)C.CCC(C)(C)C.CCC(C)(C)C(F)(F)F.CCC(C)C.CCC(C)C(F)(F)F.CCC(C)CC.CCCC(C(F)(F)F)C(F)(F)F.CCCCC.CCCCCC(F)(F)F.CCCCCCC(F)(F)F.CCCC[C@H](C)C(F)(F)F.CCC[C@H](C)C(F)(F)F.CCC[C@H](C)CC(F)(F)F.C[C@@H](CCC(F)(F)F)C(F)(F)F.[2H]C(C)(C)C(F)(F)F. The minimum atomic E-state index is -5.24. The van der Waals surface area contributed by atoms with Gasteiger partial charge in [-0.25, -0.2) is 0 Å². The Morgan fingerprint density at radius 1 is 0.217 bits per heavy atom. The van der Waals surface area contributed by atoms with Gasteiger partial charge in [-0.1, -0.05) is 365 Å². The van der Waals surface area contributed by atoms with Crippen LogP contribution in [0, 0.1) is 86.7 Å². The molecule has 0 fully saturated rings. The van der Waals surface area contributed by atoms with E-state index < -0.39 is 183 Å². The average molecular weight is 2220 g/mol. The van der Waals surface area contributed by atoms with Crippen LogP contribution in [0.3, 0.4) is 0 Å². The second kappa shape index (κ2) is 87.3. The number of hydrogen-bond acceptors (Lipinski definition) is 0. The van der Waals surface area contributed by atoms with Crippen LogP contribution in [0.5, 0.6) is 0 Å².